The molecule has 5 atom stereocenters. The second kappa shape index (κ2) is 15.3. The van der Waals surface area contributed by atoms with Crippen LogP contribution in [-0.4, -0.2) is 103 Å². The highest BCUT2D eigenvalue weighted by atomic mass is 32.2. The molecule has 53 heavy (non-hydrogen) atoms. The average molecular weight is 769 g/mol. The molecule has 4 heterocycles. The summed E-state index contributed by atoms with van der Waals surface area (Å²) < 4.78 is 46.6. The van der Waals surface area contributed by atoms with E-state index in [1.165, 1.54) is 30.3 Å². The van der Waals surface area contributed by atoms with Gasteiger partial charge in [0.1, 0.15) is 46.0 Å². The molecule has 2 fully saturated rings. The number of methoxy groups -OCH3 is 1. The number of aromatic nitrogens is 2. The Morgan fingerprint density at radius 1 is 1.19 bits per heavy atom. The van der Waals surface area contributed by atoms with Crippen molar-refractivity contribution in [2.45, 2.75) is 89.5 Å². The molecule has 0 unspecified atom stereocenters. The summed E-state index contributed by atoms with van der Waals surface area (Å²) in [7, 11) is 0.0936. The lowest BCUT2D eigenvalue weighted by Gasteiger charge is -2.28. The van der Waals surface area contributed by atoms with Gasteiger partial charge in [0.05, 0.1) is 24.9 Å². The minimum atomic E-state index is -4.13. The van der Waals surface area contributed by atoms with Crippen LogP contribution in [0.1, 0.15) is 70.1 Å². The van der Waals surface area contributed by atoms with E-state index in [-0.39, 0.29) is 31.2 Å². The molecule has 1 saturated heterocycles. The molecular formula is C37H48N6O8S2. The van der Waals surface area contributed by atoms with Gasteiger partial charge in [-0.15, -0.1) is 11.3 Å². The molecule has 1 saturated carbocycles. The van der Waals surface area contributed by atoms with Crippen LogP contribution in [0.2, 0.25) is 0 Å². The van der Waals surface area contributed by atoms with Crippen LogP contribution in [0, 0.1) is 12.8 Å². The van der Waals surface area contributed by atoms with Crippen molar-refractivity contribution < 1.29 is 37.0 Å². The van der Waals surface area contributed by atoms with Crippen molar-refractivity contribution in [1.82, 2.24) is 29.2 Å². The Hall–Kier alpha value is -4.12. The Labute approximate surface area is 314 Å². The zero-order valence-corrected chi connectivity index (χ0v) is 32.8. The Morgan fingerprint density at radius 2 is 1.96 bits per heavy atom. The molecule has 3 amide bonds. The third-order valence-electron chi connectivity index (χ3n) is 10.2. The van der Waals surface area contributed by atoms with Crippen molar-refractivity contribution in [2.75, 3.05) is 34.4 Å². The van der Waals surface area contributed by atoms with Crippen LogP contribution in [0.3, 0.4) is 0 Å². The van der Waals surface area contributed by atoms with Gasteiger partial charge in [0, 0.05) is 55.4 Å². The maximum atomic E-state index is 14.3. The lowest BCUT2D eigenvalue weighted by Crippen LogP contribution is -2.57. The summed E-state index contributed by atoms with van der Waals surface area (Å²) in [6.45, 7) is 8.20. The minimum Gasteiger partial charge on any atom is -0.496 e. The number of fused-ring (bicyclic) bond motifs is 3. The quantitative estimate of drug-likeness (QED) is 0.319. The predicted molar refractivity (Wildman–Crippen MR) is 201 cm³/mol. The van der Waals surface area contributed by atoms with Gasteiger partial charge in [-0.05, 0) is 57.6 Å². The predicted octanol–water partition coefficient (Wildman–Crippen LogP) is 4.09. The van der Waals surface area contributed by atoms with Crippen LogP contribution in [0.25, 0.3) is 21.6 Å². The number of hydrogen-bond acceptors (Lipinski definition) is 11. The third-order valence-corrected chi connectivity index (χ3v) is 12.4. The molecule has 2 aromatic heterocycles. The van der Waals surface area contributed by atoms with Crippen LogP contribution in [-0.2, 0) is 29.3 Å². The molecule has 286 valence electrons. The molecular weight excluding hydrogens is 721 g/mol. The number of ether oxygens (including phenoxy) is 3. The topological polar surface area (TPSA) is 169 Å². The van der Waals surface area contributed by atoms with E-state index in [1.54, 1.807) is 14.0 Å². The first kappa shape index (κ1) is 38.6. The molecule has 1 aliphatic carbocycles. The van der Waals surface area contributed by atoms with Gasteiger partial charge in [0.15, 0.2) is 0 Å². The van der Waals surface area contributed by atoms with E-state index < -0.39 is 51.7 Å². The minimum absolute atomic E-state index is 0.0746. The average Bonchev–Trinajstić information content (AvgIpc) is 3.41. The summed E-state index contributed by atoms with van der Waals surface area (Å²) in [4.78, 5) is 53.1. The fraction of sp³-hybridized carbons (Fsp3) is 0.541. The van der Waals surface area contributed by atoms with E-state index in [2.05, 4.69) is 23.9 Å². The summed E-state index contributed by atoms with van der Waals surface area (Å²) >= 11 is 1.49. The number of amides is 3. The monoisotopic (exact) mass is 768 g/mol. The first-order valence-corrected chi connectivity index (χ1v) is 20.2. The second-order valence-corrected chi connectivity index (χ2v) is 17.2. The summed E-state index contributed by atoms with van der Waals surface area (Å²) in [6, 6.07) is 4.54. The van der Waals surface area contributed by atoms with Crippen LogP contribution in [0.15, 0.2) is 35.7 Å². The number of benzene rings is 1. The standard InChI is InChI=1S/C37H48N6O8S2/c1-21(2)28-20-52-34(39-28)27-17-31(26-13-14-30(49-7)22(3)32(26)38-27)51-25-16-29-33(44)40-37(36(46)41-53(47,48)42(5)6)18-24(37)12-10-8-9-11-15-50-23(4)35(45)43(29)19-25/h10,12-14,17,20-21,23-25,29H,8-9,11,15-16,18-19H2,1-7H3,(H,40,44)(H,41,46)/b12-10-/t23-,24-,25-,29+,37-/m1/s1. The highest BCUT2D eigenvalue weighted by Gasteiger charge is 2.61. The van der Waals surface area contributed by atoms with Crippen LogP contribution < -0.4 is 19.5 Å². The van der Waals surface area contributed by atoms with Gasteiger partial charge in [0.25, 0.3) is 11.8 Å². The second-order valence-electron chi connectivity index (χ2n) is 14.4. The van der Waals surface area contributed by atoms with Crippen molar-refractivity contribution >= 4 is 50.2 Å². The first-order valence-electron chi connectivity index (χ1n) is 17.9. The number of thiazole rings is 1. The van der Waals surface area contributed by atoms with E-state index in [0.717, 1.165) is 32.4 Å². The number of pyridine rings is 1. The van der Waals surface area contributed by atoms with Gasteiger partial charge in [-0.3, -0.25) is 14.4 Å². The molecule has 6 rings (SSSR count). The molecule has 0 spiro atoms. The maximum Gasteiger partial charge on any atom is 0.303 e. The summed E-state index contributed by atoms with van der Waals surface area (Å²) in [6.07, 6.45) is 4.87. The van der Waals surface area contributed by atoms with E-state index >= 15 is 0 Å². The third kappa shape index (κ3) is 7.91. The number of nitrogens with zero attached hydrogens (tertiary/aromatic N) is 4. The molecule has 0 radical (unpaired) electrons. The van der Waals surface area contributed by atoms with Gasteiger partial charge in [0.2, 0.25) is 5.91 Å². The molecule has 16 heteroatoms. The van der Waals surface area contributed by atoms with Gasteiger partial charge in [-0.25, -0.2) is 14.7 Å². The summed E-state index contributed by atoms with van der Waals surface area (Å²) in [5, 5.41) is 6.36. The van der Waals surface area contributed by atoms with Gasteiger partial charge in [-0.2, -0.15) is 12.7 Å². The van der Waals surface area contributed by atoms with Crippen molar-refractivity contribution in [3.8, 4) is 22.2 Å². The van der Waals surface area contributed by atoms with Gasteiger partial charge in [-0.1, -0.05) is 26.0 Å². The number of carbonyl (C=O) groups excluding carboxylic acids is 3. The Kier molecular flexibility index (Phi) is 11.2. The van der Waals surface area contributed by atoms with E-state index in [0.29, 0.717) is 42.2 Å². The zero-order chi connectivity index (χ0) is 38.2. The fourth-order valence-corrected chi connectivity index (χ4v) is 8.34. The molecule has 14 nitrogen and oxygen atoms in total. The zero-order valence-electron chi connectivity index (χ0n) is 31.2. The molecule has 1 aromatic carbocycles. The fourth-order valence-electron chi connectivity index (χ4n) is 6.81. The van der Waals surface area contributed by atoms with E-state index in [1.807, 2.05) is 42.7 Å². The largest absolute Gasteiger partial charge is 0.496 e. The van der Waals surface area contributed by atoms with Crippen molar-refractivity contribution in [2.24, 2.45) is 5.92 Å². The number of nitrogens with one attached hydrogen (secondary N) is 2. The van der Waals surface area contributed by atoms with E-state index in [4.69, 9.17) is 24.2 Å². The number of rotatable bonds is 8. The van der Waals surface area contributed by atoms with E-state index in [9.17, 15) is 22.8 Å². The van der Waals surface area contributed by atoms with Crippen molar-refractivity contribution in [1.29, 1.82) is 0 Å². The maximum absolute atomic E-state index is 14.3. The summed E-state index contributed by atoms with van der Waals surface area (Å²) in [5.41, 5.74) is 1.58. The number of allylic oxidation sites excluding steroid dienone is 1. The normalized spacial score (nSPS) is 26.0. The molecule has 2 N–H and O–H groups in total. The Balaban J connectivity index is 1.35. The number of hydrogen-bond donors (Lipinski definition) is 2. The lowest BCUT2D eigenvalue weighted by molar-refractivity contribution is -0.147. The highest BCUT2D eigenvalue weighted by Crippen LogP contribution is 2.46. The van der Waals surface area contributed by atoms with Gasteiger partial charge < -0.3 is 24.4 Å². The molecule has 2 aliphatic heterocycles. The molecule has 0 bridgehead atoms. The Morgan fingerprint density at radius 3 is 2.66 bits per heavy atom. The molecule has 3 aromatic rings. The van der Waals surface area contributed by atoms with Crippen LogP contribution in [0.4, 0.5) is 0 Å². The number of carbonyl (C=O) groups is 3. The van der Waals surface area contributed by atoms with Crippen LogP contribution in [0.5, 0.6) is 11.5 Å². The number of aryl methyl sites for hydroxylation is 1. The van der Waals surface area contributed by atoms with Crippen molar-refractivity contribution in [3.05, 3.63) is 47.0 Å². The lowest BCUT2D eigenvalue weighted by atomic mass is 10.1. The smallest absolute Gasteiger partial charge is 0.303 e. The molecule has 3 aliphatic rings. The van der Waals surface area contributed by atoms with Gasteiger partial charge >= 0.3 is 10.2 Å². The Bertz CT molecular complexity index is 2030. The first-order chi connectivity index (χ1) is 25.1. The summed E-state index contributed by atoms with van der Waals surface area (Å²) in [5.74, 6) is -0.794. The SMILES string of the molecule is COc1ccc2c(O[C@@H]3C[C@H]4C(=O)N[C@]5(C(=O)NS(=O)(=O)N(C)C)C[C@H]5/C=C\CCCCO[C@H](C)C(=O)N4C3)cc(-c3nc(C(C)C)cs3)nc2c1C. The van der Waals surface area contributed by atoms with Crippen LogP contribution >= 0.6 is 11.3 Å². The highest BCUT2D eigenvalue weighted by molar-refractivity contribution is 7.87. The van der Waals surface area contributed by atoms with Crippen molar-refractivity contribution in [3.63, 3.8) is 0 Å².